The molecule has 0 unspecified atom stereocenters. The summed E-state index contributed by atoms with van der Waals surface area (Å²) in [5.41, 5.74) is -1.24. The van der Waals surface area contributed by atoms with E-state index in [2.05, 4.69) is 0 Å². The summed E-state index contributed by atoms with van der Waals surface area (Å²) in [4.78, 5) is 23.1. The van der Waals surface area contributed by atoms with Crippen LogP contribution in [0.2, 0.25) is 0 Å². The number of rotatable bonds is 5. The maximum Gasteiger partial charge on any atom is 0.471 e. The SMILES string of the molecule is CS(=O)(=O)c1ccc(/C(NC(=O)C(F)(F)F)=C(\C(=O)O)c2ccccc2)cc1. The third-order valence-electron chi connectivity index (χ3n) is 3.59. The maximum atomic E-state index is 12.8. The van der Waals surface area contributed by atoms with E-state index in [4.69, 9.17) is 0 Å². The van der Waals surface area contributed by atoms with Gasteiger partial charge in [0.2, 0.25) is 0 Å². The molecule has 0 heterocycles. The molecule has 0 saturated carbocycles. The van der Waals surface area contributed by atoms with Gasteiger partial charge in [0.15, 0.2) is 9.84 Å². The number of carboxylic acid groups (broad SMARTS) is 1. The topological polar surface area (TPSA) is 101 Å². The number of sulfone groups is 1. The molecule has 28 heavy (non-hydrogen) atoms. The van der Waals surface area contributed by atoms with E-state index in [1.807, 2.05) is 0 Å². The van der Waals surface area contributed by atoms with Gasteiger partial charge in [0.05, 0.1) is 16.2 Å². The Morgan fingerprint density at radius 1 is 0.929 bits per heavy atom. The number of hydrogen-bond acceptors (Lipinski definition) is 4. The number of halogens is 3. The quantitative estimate of drug-likeness (QED) is 0.580. The number of nitrogens with one attached hydrogen (secondary N) is 1. The first kappa shape index (κ1) is 21.2. The Kier molecular flexibility index (Phi) is 5.93. The molecule has 0 aliphatic carbocycles. The van der Waals surface area contributed by atoms with Crippen molar-refractivity contribution in [2.75, 3.05) is 6.26 Å². The van der Waals surface area contributed by atoms with Crippen molar-refractivity contribution in [3.63, 3.8) is 0 Å². The first-order valence-electron chi connectivity index (χ1n) is 7.63. The molecule has 0 saturated heterocycles. The predicted molar refractivity (Wildman–Crippen MR) is 94.6 cm³/mol. The summed E-state index contributed by atoms with van der Waals surface area (Å²) in [6.45, 7) is 0. The lowest BCUT2D eigenvalue weighted by Crippen LogP contribution is -2.36. The zero-order valence-electron chi connectivity index (χ0n) is 14.3. The lowest BCUT2D eigenvalue weighted by atomic mass is 9.99. The third kappa shape index (κ3) is 4.97. The summed E-state index contributed by atoms with van der Waals surface area (Å²) in [5.74, 6) is -3.93. The second-order valence-electron chi connectivity index (χ2n) is 5.67. The number of alkyl halides is 3. The highest BCUT2D eigenvalue weighted by Gasteiger charge is 2.40. The minimum Gasteiger partial charge on any atom is -0.478 e. The Balaban J connectivity index is 2.72. The summed E-state index contributed by atoms with van der Waals surface area (Å²) >= 11 is 0. The monoisotopic (exact) mass is 413 g/mol. The van der Waals surface area contributed by atoms with E-state index in [1.54, 1.807) is 11.4 Å². The Labute approximate surface area is 158 Å². The van der Waals surface area contributed by atoms with E-state index in [-0.39, 0.29) is 16.0 Å². The van der Waals surface area contributed by atoms with E-state index in [0.717, 1.165) is 30.5 Å². The van der Waals surface area contributed by atoms with Crippen LogP contribution in [0.25, 0.3) is 11.3 Å². The maximum absolute atomic E-state index is 12.8. The van der Waals surface area contributed by atoms with Crippen LogP contribution in [0, 0.1) is 0 Å². The molecular formula is C18H14F3NO5S. The average molecular weight is 413 g/mol. The van der Waals surface area contributed by atoms with Crippen LogP contribution in [0.4, 0.5) is 13.2 Å². The van der Waals surface area contributed by atoms with E-state index >= 15 is 0 Å². The smallest absolute Gasteiger partial charge is 0.471 e. The zero-order chi connectivity index (χ0) is 21.1. The van der Waals surface area contributed by atoms with Crippen molar-refractivity contribution in [2.24, 2.45) is 0 Å². The van der Waals surface area contributed by atoms with Crippen LogP contribution in [-0.2, 0) is 19.4 Å². The molecule has 0 bridgehead atoms. The van der Waals surface area contributed by atoms with Gasteiger partial charge in [0.1, 0.15) is 0 Å². The third-order valence-corrected chi connectivity index (χ3v) is 4.72. The van der Waals surface area contributed by atoms with Crippen molar-refractivity contribution in [1.29, 1.82) is 0 Å². The van der Waals surface area contributed by atoms with Gasteiger partial charge in [-0.3, -0.25) is 4.79 Å². The molecule has 6 nitrogen and oxygen atoms in total. The van der Waals surface area contributed by atoms with Gasteiger partial charge in [-0.2, -0.15) is 13.2 Å². The lowest BCUT2D eigenvalue weighted by molar-refractivity contribution is -0.172. The minimum atomic E-state index is -5.25. The number of carbonyl (C=O) groups is 2. The summed E-state index contributed by atoms with van der Waals surface area (Å²) < 4.78 is 61.4. The first-order valence-corrected chi connectivity index (χ1v) is 9.52. The number of carbonyl (C=O) groups excluding carboxylic acids is 1. The molecular weight excluding hydrogens is 399 g/mol. The van der Waals surface area contributed by atoms with Crippen molar-refractivity contribution in [2.45, 2.75) is 11.1 Å². The number of carboxylic acids is 1. The second kappa shape index (κ2) is 7.85. The van der Waals surface area contributed by atoms with E-state index in [9.17, 15) is 36.3 Å². The molecule has 2 aromatic rings. The van der Waals surface area contributed by atoms with Gasteiger partial charge in [-0.25, -0.2) is 13.2 Å². The fraction of sp³-hybridized carbons (Fsp3) is 0.111. The van der Waals surface area contributed by atoms with E-state index in [1.165, 1.54) is 24.3 Å². The van der Waals surface area contributed by atoms with Crippen molar-refractivity contribution in [3.8, 4) is 0 Å². The van der Waals surface area contributed by atoms with Gasteiger partial charge in [-0.05, 0) is 23.3 Å². The van der Waals surface area contributed by atoms with Crippen molar-refractivity contribution >= 4 is 33.0 Å². The highest BCUT2D eigenvalue weighted by atomic mass is 32.2. The molecule has 0 aromatic heterocycles. The van der Waals surface area contributed by atoms with Crippen molar-refractivity contribution < 1.29 is 36.3 Å². The van der Waals surface area contributed by atoms with Crippen LogP contribution in [-0.4, -0.2) is 37.8 Å². The van der Waals surface area contributed by atoms with Crippen molar-refractivity contribution in [3.05, 3.63) is 65.7 Å². The van der Waals surface area contributed by atoms with Crippen LogP contribution in [0.5, 0.6) is 0 Å². The molecule has 148 valence electrons. The molecule has 0 spiro atoms. The molecule has 2 rings (SSSR count). The number of amides is 1. The molecule has 1 amide bonds. The van der Waals surface area contributed by atoms with Gasteiger partial charge < -0.3 is 10.4 Å². The Morgan fingerprint density at radius 3 is 1.89 bits per heavy atom. The number of hydrogen-bond donors (Lipinski definition) is 2. The second-order valence-corrected chi connectivity index (χ2v) is 7.69. The van der Waals surface area contributed by atoms with E-state index < -0.39 is 39.2 Å². The average Bonchev–Trinajstić information content (AvgIpc) is 2.60. The Hall–Kier alpha value is -3.14. The van der Waals surface area contributed by atoms with Crippen LogP contribution in [0.15, 0.2) is 59.5 Å². The van der Waals surface area contributed by atoms with Crippen LogP contribution in [0.3, 0.4) is 0 Å². The van der Waals surface area contributed by atoms with Crippen LogP contribution in [0.1, 0.15) is 11.1 Å². The molecule has 10 heteroatoms. The fourth-order valence-corrected chi connectivity index (χ4v) is 2.94. The molecule has 0 aliphatic heterocycles. The van der Waals surface area contributed by atoms with E-state index in [0.29, 0.717) is 0 Å². The first-order chi connectivity index (χ1) is 12.9. The summed E-state index contributed by atoms with van der Waals surface area (Å²) in [6, 6.07) is 11.7. The highest BCUT2D eigenvalue weighted by Crippen LogP contribution is 2.27. The van der Waals surface area contributed by atoms with Crippen molar-refractivity contribution in [1.82, 2.24) is 5.32 Å². The summed E-state index contributed by atoms with van der Waals surface area (Å²) in [5, 5.41) is 11.2. The van der Waals surface area contributed by atoms with Gasteiger partial charge in [-0.1, -0.05) is 42.5 Å². The minimum absolute atomic E-state index is 0.0552. The predicted octanol–water partition coefficient (Wildman–Crippen LogP) is 2.72. The van der Waals surface area contributed by atoms with Gasteiger partial charge in [0, 0.05) is 6.26 Å². The largest absolute Gasteiger partial charge is 0.478 e. The zero-order valence-corrected chi connectivity index (χ0v) is 15.1. The molecule has 0 fully saturated rings. The number of aliphatic carboxylic acids is 1. The summed E-state index contributed by atoms with van der Waals surface area (Å²) in [6.07, 6.45) is -4.31. The van der Waals surface area contributed by atoms with Gasteiger partial charge in [0.25, 0.3) is 0 Å². The summed E-state index contributed by atoms with van der Waals surface area (Å²) in [7, 11) is -3.58. The van der Waals surface area contributed by atoms with Crippen LogP contribution >= 0.6 is 0 Å². The molecule has 0 aliphatic rings. The molecule has 0 atom stereocenters. The molecule has 2 N–H and O–H groups in total. The Bertz CT molecular complexity index is 1030. The number of benzene rings is 2. The highest BCUT2D eigenvalue weighted by molar-refractivity contribution is 7.90. The Morgan fingerprint density at radius 2 is 1.46 bits per heavy atom. The normalized spacial score (nSPS) is 12.9. The molecule has 2 aromatic carbocycles. The van der Waals surface area contributed by atoms with Gasteiger partial charge >= 0.3 is 18.1 Å². The van der Waals surface area contributed by atoms with Gasteiger partial charge in [-0.15, -0.1) is 0 Å². The fourth-order valence-electron chi connectivity index (χ4n) is 2.31. The van der Waals surface area contributed by atoms with Crippen LogP contribution < -0.4 is 5.32 Å². The standard InChI is InChI=1S/C18H14F3NO5S/c1-28(26,27)13-9-7-12(8-10-13)15(22-17(25)18(19,20)21)14(16(23)24)11-5-3-2-4-6-11/h2-10H,1H3,(H,22,25)(H,23,24)/b15-14+. The molecule has 0 radical (unpaired) electrons. The lowest BCUT2D eigenvalue weighted by Gasteiger charge is -2.16.